The van der Waals surface area contributed by atoms with Crippen LogP contribution in [-0.2, 0) is 14.3 Å². The van der Waals surface area contributed by atoms with Gasteiger partial charge in [-0.2, -0.15) is 0 Å². The van der Waals surface area contributed by atoms with Crippen molar-refractivity contribution in [1.29, 1.82) is 0 Å². The Hall–Kier alpha value is -1.15. The lowest BCUT2D eigenvalue weighted by atomic mass is 10.2. The fraction of sp³-hybridized carbons (Fsp3) is 0.429. The minimum absolute atomic E-state index is 0.109. The summed E-state index contributed by atoms with van der Waals surface area (Å²) in [7, 11) is 2.91. The predicted molar refractivity (Wildman–Crippen MR) is 83.6 cm³/mol. The molecule has 1 aromatic rings. The van der Waals surface area contributed by atoms with E-state index in [4.69, 9.17) is 4.74 Å². The van der Waals surface area contributed by atoms with Gasteiger partial charge in [0.25, 0.3) is 5.91 Å². The molecule has 0 aliphatic carbocycles. The molecule has 0 saturated heterocycles. The first-order valence-corrected chi connectivity index (χ1v) is 7.27. The molecule has 1 rings (SSSR count). The van der Waals surface area contributed by atoms with Crippen molar-refractivity contribution in [2.75, 3.05) is 33.9 Å². The Morgan fingerprint density at radius 1 is 1.15 bits per heavy atom. The Kier molecular flexibility index (Phi) is 7.53. The third-order valence-corrected chi connectivity index (χ3v) is 3.48. The Morgan fingerprint density at radius 3 is 2.35 bits per heavy atom. The van der Waals surface area contributed by atoms with Gasteiger partial charge in [0.05, 0.1) is 20.1 Å². The molecule has 0 unspecified atom stereocenters. The van der Waals surface area contributed by atoms with Crippen molar-refractivity contribution >= 4 is 34.5 Å². The van der Waals surface area contributed by atoms with E-state index in [2.05, 4.69) is 27.3 Å². The van der Waals surface area contributed by atoms with Crippen molar-refractivity contribution in [3.63, 3.8) is 0 Å². The topological polar surface area (TPSA) is 55.8 Å². The van der Waals surface area contributed by atoms with E-state index in [1.165, 1.54) is 7.11 Å². The van der Waals surface area contributed by atoms with E-state index in [0.29, 0.717) is 25.3 Å². The van der Waals surface area contributed by atoms with Gasteiger partial charge < -0.3 is 14.4 Å². The summed E-state index contributed by atoms with van der Waals surface area (Å²) in [5.74, 6) is -0.440. The van der Waals surface area contributed by atoms with Crippen LogP contribution in [0, 0.1) is 3.57 Å². The number of benzene rings is 1. The molecule has 0 aromatic heterocycles. The van der Waals surface area contributed by atoms with Gasteiger partial charge in [0, 0.05) is 29.3 Å². The fourth-order valence-corrected chi connectivity index (χ4v) is 1.98. The zero-order valence-corrected chi connectivity index (χ0v) is 13.8. The molecule has 0 spiro atoms. The molecular weight excluding hydrogens is 373 g/mol. The number of methoxy groups -OCH3 is 2. The summed E-state index contributed by atoms with van der Waals surface area (Å²) < 4.78 is 10.7. The van der Waals surface area contributed by atoms with Crippen LogP contribution in [0.15, 0.2) is 24.3 Å². The van der Waals surface area contributed by atoms with E-state index in [0.717, 1.165) is 3.57 Å². The largest absolute Gasteiger partial charge is 0.469 e. The van der Waals surface area contributed by atoms with Gasteiger partial charge in [0.1, 0.15) is 0 Å². The van der Waals surface area contributed by atoms with E-state index >= 15 is 0 Å². The number of esters is 1. The first kappa shape index (κ1) is 16.9. The average molecular weight is 391 g/mol. The molecule has 0 bridgehead atoms. The van der Waals surface area contributed by atoms with Crippen molar-refractivity contribution in [3.05, 3.63) is 33.4 Å². The van der Waals surface area contributed by atoms with Gasteiger partial charge in [-0.25, -0.2) is 0 Å². The highest BCUT2D eigenvalue weighted by Crippen LogP contribution is 2.10. The molecular formula is C14H18INO4. The second kappa shape index (κ2) is 8.91. The van der Waals surface area contributed by atoms with Crippen LogP contribution < -0.4 is 0 Å². The van der Waals surface area contributed by atoms with Gasteiger partial charge in [-0.05, 0) is 46.9 Å². The number of halogens is 1. The van der Waals surface area contributed by atoms with Crippen LogP contribution in [0.2, 0.25) is 0 Å². The monoisotopic (exact) mass is 391 g/mol. The third-order valence-electron chi connectivity index (χ3n) is 2.76. The summed E-state index contributed by atoms with van der Waals surface area (Å²) in [4.78, 5) is 25.2. The Bertz CT molecular complexity index is 447. The van der Waals surface area contributed by atoms with Crippen molar-refractivity contribution < 1.29 is 19.1 Å². The first-order valence-electron chi connectivity index (χ1n) is 6.19. The van der Waals surface area contributed by atoms with E-state index < -0.39 is 0 Å². The van der Waals surface area contributed by atoms with Crippen LogP contribution in [0.25, 0.3) is 0 Å². The number of hydrogen-bond acceptors (Lipinski definition) is 4. The van der Waals surface area contributed by atoms with Gasteiger partial charge in [-0.15, -0.1) is 0 Å². The maximum Gasteiger partial charge on any atom is 0.307 e. The van der Waals surface area contributed by atoms with Crippen LogP contribution >= 0.6 is 22.6 Å². The minimum atomic E-state index is -0.331. The molecule has 6 heteroatoms. The first-order chi connectivity index (χ1) is 9.58. The molecule has 0 aliphatic heterocycles. The number of ether oxygens (including phenoxy) is 2. The third kappa shape index (κ3) is 5.46. The van der Waals surface area contributed by atoms with Crippen molar-refractivity contribution in [1.82, 2.24) is 4.90 Å². The molecule has 0 heterocycles. The van der Waals surface area contributed by atoms with Crippen molar-refractivity contribution in [3.8, 4) is 0 Å². The highest BCUT2D eigenvalue weighted by molar-refractivity contribution is 14.1. The van der Waals surface area contributed by atoms with Gasteiger partial charge in [0.15, 0.2) is 0 Å². The lowest BCUT2D eigenvalue weighted by Gasteiger charge is -2.22. The summed E-state index contributed by atoms with van der Waals surface area (Å²) >= 11 is 2.18. The van der Waals surface area contributed by atoms with Crippen molar-refractivity contribution in [2.24, 2.45) is 0 Å². The molecule has 1 amide bonds. The van der Waals surface area contributed by atoms with E-state index in [1.807, 2.05) is 12.1 Å². The smallest absolute Gasteiger partial charge is 0.307 e. The lowest BCUT2D eigenvalue weighted by molar-refractivity contribution is -0.140. The van der Waals surface area contributed by atoms with Crippen LogP contribution in [0.1, 0.15) is 16.8 Å². The highest BCUT2D eigenvalue weighted by Gasteiger charge is 2.16. The molecule has 0 fully saturated rings. The summed E-state index contributed by atoms with van der Waals surface area (Å²) in [5.41, 5.74) is 0.603. The number of carbonyl (C=O) groups excluding carboxylic acids is 2. The summed E-state index contributed by atoms with van der Waals surface area (Å²) in [5, 5.41) is 0. The zero-order chi connectivity index (χ0) is 15.0. The Balaban J connectivity index is 2.72. The molecule has 0 radical (unpaired) electrons. The number of nitrogens with zero attached hydrogens (tertiary/aromatic N) is 1. The number of amides is 1. The van der Waals surface area contributed by atoms with Crippen LogP contribution in [-0.4, -0.2) is 50.7 Å². The molecule has 0 atom stereocenters. The molecule has 5 nitrogen and oxygen atoms in total. The highest BCUT2D eigenvalue weighted by atomic mass is 127. The molecule has 0 N–H and O–H groups in total. The Labute approximate surface area is 132 Å². The lowest BCUT2D eigenvalue weighted by Crippen LogP contribution is -2.35. The molecule has 0 saturated carbocycles. The second-order valence-electron chi connectivity index (χ2n) is 4.12. The van der Waals surface area contributed by atoms with Gasteiger partial charge >= 0.3 is 5.97 Å². The second-order valence-corrected chi connectivity index (χ2v) is 5.36. The predicted octanol–water partition coefficient (Wildman–Crippen LogP) is 1.94. The quantitative estimate of drug-likeness (QED) is 0.527. The molecule has 20 heavy (non-hydrogen) atoms. The van der Waals surface area contributed by atoms with E-state index in [1.54, 1.807) is 24.1 Å². The zero-order valence-electron chi connectivity index (χ0n) is 11.6. The van der Waals surface area contributed by atoms with Gasteiger partial charge in [0.2, 0.25) is 0 Å². The van der Waals surface area contributed by atoms with Crippen LogP contribution in [0.4, 0.5) is 0 Å². The molecule has 1 aromatic carbocycles. The average Bonchev–Trinajstić information content (AvgIpc) is 2.47. The normalized spacial score (nSPS) is 10.2. The van der Waals surface area contributed by atoms with Gasteiger partial charge in [-0.1, -0.05) is 0 Å². The molecule has 0 aliphatic rings. The SMILES string of the molecule is COCCN(CCC(=O)OC)C(=O)c1ccc(I)cc1. The minimum Gasteiger partial charge on any atom is -0.469 e. The van der Waals surface area contributed by atoms with Crippen LogP contribution in [0.5, 0.6) is 0 Å². The Morgan fingerprint density at radius 2 is 1.80 bits per heavy atom. The fourth-order valence-electron chi connectivity index (χ4n) is 1.62. The summed E-state index contributed by atoms with van der Waals surface area (Å²) in [6.45, 7) is 1.19. The van der Waals surface area contributed by atoms with E-state index in [-0.39, 0.29) is 18.3 Å². The number of carbonyl (C=O) groups is 2. The molecule has 110 valence electrons. The maximum absolute atomic E-state index is 12.4. The van der Waals surface area contributed by atoms with Crippen molar-refractivity contribution in [2.45, 2.75) is 6.42 Å². The number of rotatable bonds is 7. The van der Waals surface area contributed by atoms with Crippen LogP contribution in [0.3, 0.4) is 0 Å². The number of hydrogen-bond donors (Lipinski definition) is 0. The summed E-state index contributed by atoms with van der Waals surface area (Å²) in [6, 6.07) is 7.31. The summed E-state index contributed by atoms with van der Waals surface area (Å²) in [6.07, 6.45) is 0.177. The van der Waals surface area contributed by atoms with E-state index in [9.17, 15) is 9.59 Å². The van der Waals surface area contributed by atoms with Gasteiger partial charge in [-0.3, -0.25) is 9.59 Å². The standard InChI is InChI=1S/C14H18INO4/c1-19-10-9-16(8-7-13(17)20-2)14(18)11-3-5-12(15)6-4-11/h3-6H,7-10H2,1-2H3. The maximum atomic E-state index is 12.4.